The molecule has 62 valence electrons. The maximum absolute atomic E-state index is 8.90. The van der Waals surface area contributed by atoms with E-state index in [1.807, 2.05) is 18.7 Å². The van der Waals surface area contributed by atoms with Gasteiger partial charge in [-0.3, -0.25) is 0 Å². The fourth-order valence-corrected chi connectivity index (χ4v) is 1.72. The van der Waals surface area contributed by atoms with Gasteiger partial charge in [-0.15, -0.1) is 0 Å². The van der Waals surface area contributed by atoms with Gasteiger partial charge in [0.1, 0.15) is 0 Å². The Labute approximate surface area is 68.2 Å². The second kappa shape index (κ2) is 6.05. The van der Waals surface area contributed by atoms with Crippen LogP contribution in [-0.4, -0.2) is 22.7 Å². The summed E-state index contributed by atoms with van der Waals surface area (Å²) in [6.07, 6.45) is 1.12. The van der Waals surface area contributed by atoms with Gasteiger partial charge in [-0.1, -0.05) is 13.8 Å². The van der Waals surface area contributed by atoms with Gasteiger partial charge in [0.2, 0.25) is 0 Å². The second-order valence-electron chi connectivity index (χ2n) is 3.11. The van der Waals surface area contributed by atoms with Gasteiger partial charge in [0.15, 0.2) is 0 Å². The lowest BCUT2D eigenvalue weighted by atomic mass is 10.2. The Kier molecular flexibility index (Phi) is 6.24. The van der Waals surface area contributed by atoms with Crippen molar-refractivity contribution < 1.29 is 5.11 Å². The number of rotatable bonds is 5. The summed E-state index contributed by atoms with van der Waals surface area (Å²) in [6.45, 7) is 6.29. The molecule has 1 N–H and O–H groups in total. The van der Waals surface area contributed by atoms with Crippen molar-refractivity contribution >= 4 is 11.8 Å². The molecule has 0 heterocycles. The highest BCUT2D eigenvalue weighted by Crippen LogP contribution is 2.09. The summed E-state index contributed by atoms with van der Waals surface area (Å²) in [6, 6.07) is 0. The van der Waals surface area contributed by atoms with Crippen LogP contribution in [0.2, 0.25) is 0 Å². The van der Waals surface area contributed by atoms with Crippen LogP contribution in [-0.2, 0) is 0 Å². The fourth-order valence-electron chi connectivity index (χ4n) is 0.573. The Morgan fingerprint density at radius 1 is 1.30 bits per heavy atom. The van der Waals surface area contributed by atoms with Gasteiger partial charge in [-0.25, -0.2) is 0 Å². The molecule has 0 aliphatic heterocycles. The summed E-state index contributed by atoms with van der Waals surface area (Å²) < 4.78 is 0. The predicted octanol–water partition coefficient (Wildman–Crippen LogP) is 2.15. The highest BCUT2D eigenvalue weighted by molar-refractivity contribution is 7.99. The molecule has 0 radical (unpaired) electrons. The van der Waals surface area contributed by atoms with E-state index in [-0.39, 0.29) is 6.10 Å². The zero-order valence-electron chi connectivity index (χ0n) is 7.13. The van der Waals surface area contributed by atoms with Crippen molar-refractivity contribution in [3.05, 3.63) is 0 Å². The Bertz CT molecular complexity index is 61.7. The first-order chi connectivity index (χ1) is 4.63. The topological polar surface area (TPSA) is 20.2 Å². The summed E-state index contributed by atoms with van der Waals surface area (Å²) in [5.41, 5.74) is 0. The van der Waals surface area contributed by atoms with Crippen LogP contribution in [0, 0.1) is 5.92 Å². The Hall–Kier alpha value is 0.310. The Morgan fingerprint density at radius 3 is 2.30 bits per heavy atom. The normalized spacial score (nSPS) is 14.1. The second-order valence-corrected chi connectivity index (χ2v) is 4.26. The van der Waals surface area contributed by atoms with E-state index in [1.165, 1.54) is 12.2 Å². The summed E-state index contributed by atoms with van der Waals surface area (Å²) in [7, 11) is 0. The highest BCUT2D eigenvalue weighted by Gasteiger charge is 1.96. The van der Waals surface area contributed by atoms with Gasteiger partial charge in [-0.2, -0.15) is 11.8 Å². The maximum Gasteiger partial charge on any atom is 0.0602 e. The third-order valence-electron chi connectivity index (χ3n) is 1.20. The fraction of sp³-hybridized carbons (Fsp3) is 1.00. The van der Waals surface area contributed by atoms with Crippen LogP contribution in [0.1, 0.15) is 27.2 Å². The van der Waals surface area contributed by atoms with Crippen molar-refractivity contribution in [2.75, 3.05) is 11.5 Å². The van der Waals surface area contributed by atoms with Gasteiger partial charge in [0.05, 0.1) is 6.10 Å². The van der Waals surface area contributed by atoms with E-state index in [0.717, 1.165) is 11.7 Å². The van der Waals surface area contributed by atoms with Crippen molar-refractivity contribution in [1.82, 2.24) is 0 Å². The smallest absolute Gasteiger partial charge is 0.0602 e. The molecule has 0 aromatic carbocycles. The molecule has 0 amide bonds. The van der Waals surface area contributed by atoms with Gasteiger partial charge >= 0.3 is 0 Å². The molecule has 0 aromatic heterocycles. The average Bonchev–Trinajstić information content (AvgIpc) is 1.79. The van der Waals surface area contributed by atoms with E-state index in [2.05, 4.69) is 13.8 Å². The van der Waals surface area contributed by atoms with Crippen LogP contribution in [0.4, 0.5) is 0 Å². The molecular weight excluding hydrogens is 144 g/mol. The molecule has 0 spiro atoms. The predicted molar refractivity (Wildman–Crippen MR) is 48.5 cm³/mol. The lowest BCUT2D eigenvalue weighted by molar-refractivity contribution is 0.220. The molecule has 0 saturated heterocycles. The van der Waals surface area contributed by atoms with Crippen LogP contribution in [0.15, 0.2) is 0 Å². The molecule has 1 atom stereocenters. The van der Waals surface area contributed by atoms with Gasteiger partial charge in [0.25, 0.3) is 0 Å². The third-order valence-corrected chi connectivity index (χ3v) is 2.44. The zero-order valence-corrected chi connectivity index (χ0v) is 7.95. The Balaban J connectivity index is 2.91. The van der Waals surface area contributed by atoms with Crippen molar-refractivity contribution in [3.8, 4) is 0 Å². The van der Waals surface area contributed by atoms with Crippen LogP contribution in [0.25, 0.3) is 0 Å². The maximum atomic E-state index is 8.90. The largest absolute Gasteiger partial charge is 0.393 e. The standard InChI is InChI=1S/C8H18OS/c1-7(2)4-5-10-6-8(3)9/h7-9H,4-6H2,1-3H3. The van der Waals surface area contributed by atoms with Crippen molar-refractivity contribution in [3.63, 3.8) is 0 Å². The molecule has 0 aromatic rings. The molecule has 0 aliphatic rings. The molecule has 0 fully saturated rings. The number of hydrogen-bond donors (Lipinski definition) is 1. The molecule has 1 nitrogen and oxygen atoms in total. The molecular formula is C8H18OS. The molecule has 0 saturated carbocycles. The number of aliphatic hydroxyl groups excluding tert-OH is 1. The first-order valence-corrected chi connectivity index (χ1v) is 5.04. The molecule has 10 heavy (non-hydrogen) atoms. The minimum atomic E-state index is -0.142. The molecule has 0 bridgehead atoms. The quantitative estimate of drug-likeness (QED) is 0.625. The van der Waals surface area contributed by atoms with E-state index in [1.54, 1.807) is 0 Å². The SMILES string of the molecule is CC(C)CCSCC(C)O. The number of thioether (sulfide) groups is 1. The summed E-state index contributed by atoms with van der Waals surface area (Å²) in [5, 5.41) is 8.90. The first-order valence-electron chi connectivity index (χ1n) is 3.88. The van der Waals surface area contributed by atoms with E-state index < -0.39 is 0 Å². The minimum Gasteiger partial charge on any atom is -0.393 e. The average molecular weight is 162 g/mol. The number of hydrogen-bond acceptors (Lipinski definition) is 2. The van der Waals surface area contributed by atoms with Crippen LogP contribution in [0.3, 0.4) is 0 Å². The van der Waals surface area contributed by atoms with Crippen molar-refractivity contribution in [2.45, 2.75) is 33.3 Å². The van der Waals surface area contributed by atoms with Crippen molar-refractivity contribution in [1.29, 1.82) is 0 Å². The monoisotopic (exact) mass is 162 g/mol. The van der Waals surface area contributed by atoms with E-state index in [0.29, 0.717) is 0 Å². The van der Waals surface area contributed by atoms with E-state index in [4.69, 9.17) is 5.11 Å². The van der Waals surface area contributed by atoms with Crippen LogP contribution < -0.4 is 0 Å². The van der Waals surface area contributed by atoms with Gasteiger partial charge in [0, 0.05) is 5.75 Å². The molecule has 1 unspecified atom stereocenters. The van der Waals surface area contributed by atoms with Gasteiger partial charge < -0.3 is 5.11 Å². The highest BCUT2D eigenvalue weighted by atomic mass is 32.2. The third kappa shape index (κ3) is 8.31. The number of aliphatic hydroxyl groups is 1. The molecule has 2 heteroatoms. The van der Waals surface area contributed by atoms with E-state index >= 15 is 0 Å². The minimum absolute atomic E-state index is 0.142. The zero-order chi connectivity index (χ0) is 7.98. The van der Waals surface area contributed by atoms with Crippen molar-refractivity contribution in [2.24, 2.45) is 5.92 Å². The summed E-state index contributed by atoms with van der Waals surface area (Å²) >= 11 is 1.84. The van der Waals surface area contributed by atoms with Gasteiger partial charge in [-0.05, 0) is 25.0 Å². The van der Waals surface area contributed by atoms with Crippen LogP contribution in [0.5, 0.6) is 0 Å². The molecule has 0 aliphatic carbocycles. The molecule has 0 rings (SSSR count). The van der Waals surface area contributed by atoms with E-state index in [9.17, 15) is 0 Å². The summed E-state index contributed by atoms with van der Waals surface area (Å²) in [5.74, 6) is 2.86. The lowest BCUT2D eigenvalue weighted by Gasteiger charge is -2.05. The van der Waals surface area contributed by atoms with Crippen LogP contribution >= 0.6 is 11.8 Å². The lowest BCUT2D eigenvalue weighted by Crippen LogP contribution is -2.03. The first kappa shape index (κ1) is 10.3. The Morgan fingerprint density at radius 2 is 1.90 bits per heavy atom. The summed E-state index contributed by atoms with van der Waals surface area (Å²) in [4.78, 5) is 0.